The zero-order valence-corrected chi connectivity index (χ0v) is 21.6. The summed E-state index contributed by atoms with van der Waals surface area (Å²) >= 11 is 0. The third-order valence-electron chi connectivity index (χ3n) is 5.80. The molecule has 0 saturated heterocycles. The number of allylic oxidation sites excluding steroid dienone is 2. The molecule has 13 heteroatoms. The maximum absolute atomic E-state index is 9.63. The average Bonchev–Trinajstić information content (AvgIpc) is 3.69. The first-order chi connectivity index (χ1) is 18.7. The van der Waals surface area contributed by atoms with E-state index < -0.39 is 10.3 Å². The van der Waals surface area contributed by atoms with E-state index >= 15 is 0 Å². The fourth-order valence-corrected chi connectivity index (χ4v) is 4.26. The summed E-state index contributed by atoms with van der Waals surface area (Å²) in [4.78, 5) is 19.9. The molecule has 6 N–H and O–H groups in total. The lowest BCUT2D eigenvalue weighted by molar-refractivity contribution is 0.467. The van der Waals surface area contributed by atoms with E-state index in [1.165, 1.54) is 16.0 Å². The van der Waals surface area contributed by atoms with Crippen LogP contribution >= 0.6 is 0 Å². The van der Waals surface area contributed by atoms with Gasteiger partial charge in [0.25, 0.3) is 0 Å². The molecule has 3 aliphatic heterocycles. The minimum Gasteiger partial charge on any atom is -0.377 e. The van der Waals surface area contributed by atoms with E-state index in [9.17, 15) is 8.42 Å². The summed E-state index contributed by atoms with van der Waals surface area (Å²) in [5, 5.41) is 5.05. The van der Waals surface area contributed by atoms with Gasteiger partial charge < -0.3 is 20.7 Å². The van der Waals surface area contributed by atoms with Gasteiger partial charge >= 0.3 is 10.3 Å². The predicted molar refractivity (Wildman–Crippen MR) is 152 cm³/mol. The van der Waals surface area contributed by atoms with Crippen LogP contribution in [0.1, 0.15) is 28.3 Å². The van der Waals surface area contributed by atoms with Crippen molar-refractivity contribution in [3.63, 3.8) is 0 Å². The quantitative estimate of drug-likeness (QED) is 0.0983. The lowest BCUT2D eigenvalue weighted by Crippen LogP contribution is -2.15. The lowest BCUT2D eigenvalue weighted by Gasteiger charge is -2.16. The van der Waals surface area contributed by atoms with Crippen LogP contribution in [0.15, 0.2) is 71.3 Å². The summed E-state index contributed by atoms with van der Waals surface area (Å²) in [5.74, 6) is 4.36. The van der Waals surface area contributed by atoms with Crippen molar-refractivity contribution in [1.29, 1.82) is 0 Å². The molecule has 39 heavy (non-hydrogen) atoms. The predicted octanol–water partition coefficient (Wildman–Crippen LogP) is 4.12. The second-order valence-electron chi connectivity index (χ2n) is 8.78. The van der Waals surface area contributed by atoms with E-state index in [-0.39, 0.29) is 0 Å². The van der Waals surface area contributed by atoms with Crippen LogP contribution in [-0.2, 0) is 10.3 Å². The zero-order valence-electron chi connectivity index (χ0n) is 20.8. The molecule has 0 aliphatic carbocycles. The molecule has 0 atom stereocenters. The summed E-state index contributed by atoms with van der Waals surface area (Å²) in [7, 11) is -2.20. The highest BCUT2D eigenvalue weighted by molar-refractivity contribution is 7.83. The van der Waals surface area contributed by atoms with Crippen molar-refractivity contribution in [3.05, 3.63) is 89.2 Å². The maximum atomic E-state index is 9.63. The number of likely N-dealkylation sites (N-methyl/N-ethyl adjacent to an activating group) is 1. The Balaban J connectivity index is 0.000000339. The number of nitrogens with one attached hydrogen (secondary N) is 3. The number of fused-ring (bicyclic) bond motifs is 8. The monoisotopic (exact) mass is 543 g/mol. The Morgan fingerprint density at radius 2 is 1.54 bits per heavy atom. The molecule has 0 amide bonds. The van der Waals surface area contributed by atoms with Crippen molar-refractivity contribution in [3.8, 4) is 0 Å². The molecule has 0 saturated carbocycles. The molecule has 12 nitrogen and oxygen atoms in total. The summed E-state index contributed by atoms with van der Waals surface area (Å²) in [6.07, 6.45) is 14.7. The van der Waals surface area contributed by atoms with Gasteiger partial charge in [-0.05, 0) is 89.8 Å². The highest BCUT2D eigenvalue weighted by atomic mass is 32.2. The Morgan fingerprint density at radius 1 is 0.897 bits per heavy atom. The van der Waals surface area contributed by atoms with Crippen LogP contribution < -0.4 is 10.7 Å². The molecule has 0 radical (unpaired) electrons. The van der Waals surface area contributed by atoms with Crippen molar-refractivity contribution >= 4 is 62.2 Å². The normalized spacial score (nSPS) is 14.3. The van der Waals surface area contributed by atoms with E-state index in [1.54, 1.807) is 0 Å². The first-order valence-electron chi connectivity index (χ1n) is 11.8. The van der Waals surface area contributed by atoms with Crippen molar-refractivity contribution in [2.24, 2.45) is 16.3 Å². The SMILES string of the molecule is CN1C=CC(c2cc3cc4ccc(cc5nc(cc6nc(cc2[nH]3)C=C6)C=C5)[nH]4)=CC1.NN=NNS(=O)(=O)O. The second-order valence-corrected chi connectivity index (χ2v) is 9.92. The first kappa shape index (κ1) is 25.6. The van der Waals surface area contributed by atoms with Crippen molar-refractivity contribution in [1.82, 2.24) is 29.7 Å². The number of rotatable bonds is 3. The Hall–Kier alpha value is -5.01. The number of aromatic amines is 2. The largest absolute Gasteiger partial charge is 0.377 e. The van der Waals surface area contributed by atoms with Gasteiger partial charge in [0.2, 0.25) is 0 Å². The van der Waals surface area contributed by atoms with Crippen LogP contribution in [0.5, 0.6) is 0 Å². The molecule has 6 heterocycles. The third-order valence-corrected chi connectivity index (χ3v) is 6.11. The molecule has 0 fully saturated rings. The minimum atomic E-state index is -4.28. The summed E-state index contributed by atoms with van der Waals surface area (Å²) < 4.78 is 27.1. The van der Waals surface area contributed by atoms with Crippen LogP contribution in [0, 0.1) is 0 Å². The van der Waals surface area contributed by atoms with Gasteiger partial charge in [0, 0.05) is 41.2 Å². The molecule has 3 aliphatic rings. The second kappa shape index (κ2) is 10.8. The highest BCUT2D eigenvalue weighted by Crippen LogP contribution is 2.26. The molecule has 6 rings (SSSR count). The minimum absolute atomic E-state index is 0.896. The number of H-pyrrole nitrogens is 2. The van der Waals surface area contributed by atoms with Gasteiger partial charge in [-0.3, -0.25) is 4.55 Å². The molecule has 3 aromatic rings. The Morgan fingerprint density at radius 3 is 2.13 bits per heavy atom. The molecular weight excluding hydrogens is 518 g/mol. The number of hydrogen-bond acceptors (Lipinski definition) is 7. The average molecular weight is 544 g/mol. The Labute approximate surface area is 223 Å². The fourth-order valence-electron chi connectivity index (χ4n) is 4.11. The Kier molecular flexibility index (Phi) is 7.08. The summed E-state index contributed by atoms with van der Waals surface area (Å²) in [6, 6.07) is 14.7. The lowest BCUT2D eigenvalue weighted by atomic mass is 10.0. The van der Waals surface area contributed by atoms with Gasteiger partial charge in [0.05, 0.1) is 22.8 Å². The zero-order chi connectivity index (χ0) is 27.4. The van der Waals surface area contributed by atoms with Gasteiger partial charge in [-0.1, -0.05) is 11.3 Å². The smallest absolute Gasteiger partial charge is 0.373 e. The topological polar surface area (TPSA) is 178 Å². The van der Waals surface area contributed by atoms with Crippen molar-refractivity contribution in [2.45, 2.75) is 0 Å². The van der Waals surface area contributed by atoms with E-state index in [2.05, 4.69) is 97.9 Å². The van der Waals surface area contributed by atoms with Crippen LogP contribution in [0.3, 0.4) is 0 Å². The third kappa shape index (κ3) is 6.66. The number of nitrogens with two attached hydrogens (primary N) is 1. The van der Waals surface area contributed by atoms with E-state index in [4.69, 9.17) is 9.54 Å². The van der Waals surface area contributed by atoms with Gasteiger partial charge in [-0.25, -0.2) is 9.97 Å². The number of aromatic nitrogens is 4. The van der Waals surface area contributed by atoms with Crippen LogP contribution in [0.2, 0.25) is 0 Å². The van der Waals surface area contributed by atoms with E-state index in [0.29, 0.717) is 0 Å². The van der Waals surface area contributed by atoms with E-state index in [0.717, 1.165) is 51.4 Å². The van der Waals surface area contributed by atoms with Crippen molar-refractivity contribution < 1.29 is 13.0 Å². The van der Waals surface area contributed by atoms with Gasteiger partial charge in [0.1, 0.15) is 0 Å². The van der Waals surface area contributed by atoms with Crippen LogP contribution in [-0.4, -0.2) is 51.4 Å². The van der Waals surface area contributed by atoms with E-state index in [1.807, 2.05) is 30.4 Å². The van der Waals surface area contributed by atoms with Gasteiger partial charge in [-0.2, -0.15) is 13.2 Å². The van der Waals surface area contributed by atoms with Crippen LogP contribution in [0.25, 0.3) is 51.9 Å². The number of hydrogen-bond donors (Lipinski definition) is 5. The molecule has 0 aromatic carbocycles. The molecular formula is C26H25N9O3S. The summed E-state index contributed by atoms with van der Waals surface area (Å²) in [6.45, 7) is 0.896. The summed E-state index contributed by atoms with van der Waals surface area (Å²) in [5.41, 5.74) is 10.2. The standard InChI is InChI=1S/C26H21N5.H4N4O3S/c1-31-10-8-17(9-11-31)25-15-24-14-22-5-4-20(28-22)12-18-2-3-19(27-18)13-21-6-7-23(29-21)16-26(25)30-24;1-2-3-4-8(5,6)7/h2-10,12-16,28,30H,11H2,1H3;(H2,1,3)(H,2,4)(H,5,6,7). The Bertz CT molecular complexity index is 1830. The van der Waals surface area contributed by atoms with Gasteiger partial charge in [0.15, 0.2) is 0 Å². The molecule has 198 valence electrons. The van der Waals surface area contributed by atoms with Crippen molar-refractivity contribution in [2.75, 3.05) is 13.6 Å². The highest BCUT2D eigenvalue weighted by Gasteiger charge is 2.09. The maximum Gasteiger partial charge on any atom is 0.373 e. The number of nitrogens with zero attached hydrogens (tertiary/aromatic N) is 5. The van der Waals surface area contributed by atoms with Crippen LogP contribution in [0.4, 0.5) is 0 Å². The fraction of sp³-hybridized carbons (Fsp3) is 0.0769. The first-order valence-corrected chi connectivity index (χ1v) is 13.2. The molecule has 0 unspecified atom stereocenters. The molecule has 0 spiro atoms. The van der Waals surface area contributed by atoms with Gasteiger partial charge in [-0.15, -0.1) is 0 Å². The molecule has 3 aromatic heterocycles. The molecule has 8 bridgehead atoms.